The van der Waals surface area contributed by atoms with Gasteiger partial charge in [0.05, 0.1) is 18.1 Å². The highest BCUT2D eigenvalue weighted by Crippen LogP contribution is 2.64. The van der Waals surface area contributed by atoms with Gasteiger partial charge in [-0.25, -0.2) is 0 Å². The van der Waals surface area contributed by atoms with Gasteiger partial charge in [-0.3, -0.25) is 19.7 Å². The van der Waals surface area contributed by atoms with E-state index in [1.807, 2.05) is 0 Å². The Balaban J connectivity index is 2.01. The van der Waals surface area contributed by atoms with E-state index < -0.39 is 27.9 Å². The summed E-state index contributed by atoms with van der Waals surface area (Å²) in [5, 5.41) is 11.3. The fourth-order valence-electron chi connectivity index (χ4n) is 4.62. The van der Waals surface area contributed by atoms with Crippen molar-refractivity contribution in [1.29, 1.82) is 0 Å². The number of non-ortho nitro benzene ring substituents is 1. The van der Waals surface area contributed by atoms with E-state index in [9.17, 15) is 19.7 Å². The Bertz CT molecular complexity index is 1100. The highest BCUT2D eigenvalue weighted by atomic mass is 16.6. The van der Waals surface area contributed by atoms with Gasteiger partial charge in [0.2, 0.25) is 5.41 Å². The minimum atomic E-state index is -1.88. The van der Waals surface area contributed by atoms with Gasteiger partial charge < -0.3 is 14.2 Å². The third-order valence-electron chi connectivity index (χ3n) is 5.89. The van der Waals surface area contributed by atoms with Crippen LogP contribution >= 0.6 is 0 Å². The predicted molar refractivity (Wildman–Crippen MR) is 110 cm³/mol. The molecule has 0 aromatic heterocycles. The minimum absolute atomic E-state index is 0.00403. The lowest BCUT2D eigenvalue weighted by Crippen LogP contribution is -2.57. The van der Waals surface area contributed by atoms with E-state index in [0.717, 1.165) is 0 Å². The largest absolute Gasteiger partial charge is 0.475 e. The number of carbonyl (C=O) groups is 2. The van der Waals surface area contributed by atoms with Crippen LogP contribution in [0.2, 0.25) is 0 Å². The lowest BCUT2D eigenvalue weighted by atomic mass is 9.68. The lowest BCUT2D eigenvalue weighted by Gasteiger charge is -2.39. The molecule has 1 aliphatic heterocycles. The molecule has 0 bridgehead atoms. The van der Waals surface area contributed by atoms with Crippen molar-refractivity contribution < 1.29 is 28.7 Å². The van der Waals surface area contributed by atoms with Crippen molar-refractivity contribution in [2.24, 2.45) is 5.41 Å². The molecule has 0 fully saturated rings. The number of nitro benzene ring substituents is 1. The molecule has 0 N–H and O–H groups in total. The number of fused-ring (bicyclic) bond motifs is 3. The van der Waals surface area contributed by atoms with E-state index in [-0.39, 0.29) is 30.9 Å². The zero-order valence-electron chi connectivity index (χ0n) is 17.2. The van der Waals surface area contributed by atoms with Crippen LogP contribution in [0.15, 0.2) is 49.0 Å². The van der Waals surface area contributed by atoms with Crippen molar-refractivity contribution in [3.05, 3.63) is 75.8 Å². The second kappa shape index (κ2) is 7.23. The zero-order chi connectivity index (χ0) is 22.4. The van der Waals surface area contributed by atoms with Gasteiger partial charge in [-0.15, -0.1) is 0 Å². The standard InChI is InChI=1S/C23H21NO7/c1-4-29-20(25)22(21(26)30-5-2)13-15-8-6-7-9-18(15)23(22)14(3)17-12-16(24(27)28)10-11-19(17)31-23/h6-12H,3-5,13H2,1-2H3. The Morgan fingerprint density at radius 1 is 1.13 bits per heavy atom. The molecule has 0 saturated heterocycles. The van der Waals surface area contributed by atoms with Crippen LogP contribution in [-0.2, 0) is 31.1 Å². The van der Waals surface area contributed by atoms with E-state index in [1.54, 1.807) is 38.1 Å². The first-order chi connectivity index (χ1) is 14.8. The average molecular weight is 423 g/mol. The number of carbonyl (C=O) groups excluding carboxylic acids is 2. The lowest BCUT2D eigenvalue weighted by molar-refractivity contribution is -0.384. The van der Waals surface area contributed by atoms with Crippen molar-refractivity contribution in [2.75, 3.05) is 13.2 Å². The molecule has 1 atom stereocenters. The molecule has 0 saturated carbocycles. The molecule has 2 aliphatic rings. The quantitative estimate of drug-likeness (QED) is 0.313. The smallest absolute Gasteiger partial charge is 0.328 e. The molecule has 1 unspecified atom stereocenters. The maximum absolute atomic E-state index is 13.4. The summed E-state index contributed by atoms with van der Waals surface area (Å²) in [4.78, 5) is 37.7. The molecule has 31 heavy (non-hydrogen) atoms. The molecule has 160 valence electrons. The summed E-state index contributed by atoms with van der Waals surface area (Å²) in [5.41, 5.74) is -1.73. The van der Waals surface area contributed by atoms with Gasteiger partial charge in [0.15, 0.2) is 5.60 Å². The van der Waals surface area contributed by atoms with Gasteiger partial charge in [0.25, 0.3) is 5.69 Å². The maximum Gasteiger partial charge on any atom is 0.328 e. The number of nitro groups is 1. The van der Waals surface area contributed by atoms with E-state index in [4.69, 9.17) is 14.2 Å². The molecule has 2 aromatic rings. The number of hydrogen-bond acceptors (Lipinski definition) is 7. The average Bonchev–Trinajstić information content (AvgIpc) is 3.22. The first kappa shape index (κ1) is 20.6. The molecule has 1 heterocycles. The maximum atomic E-state index is 13.4. The molecule has 8 nitrogen and oxygen atoms in total. The van der Waals surface area contributed by atoms with Crippen molar-refractivity contribution in [1.82, 2.24) is 0 Å². The second-order valence-corrected chi connectivity index (χ2v) is 7.38. The van der Waals surface area contributed by atoms with Crippen molar-refractivity contribution in [3.8, 4) is 5.75 Å². The van der Waals surface area contributed by atoms with Crippen LogP contribution in [0.3, 0.4) is 0 Å². The Kier molecular flexibility index (Phi) is 4.80. The molecule has 1 aliphatic carbocycles. The molecule has 1 spiro atoms. The van der Waals surface area contributed by atoms with Gasteiger partial charge in [-0.05, 0) is 25.5 Å². The summed E-state index contributed by atoms with van der Waals surface area (Å²) in [5.74, 6) is -1.27. The minimum Gasteiger partial charge on any atom is -0.475 e. The van der Waals surface area contributed by atoms with Gasteiger partial charge in [-0.1, -0.05) is 30.8 Å². The normalized spacial score (nSPS) is 20.0. The number of rotatable bonds is 5. The van der Waals surface area contributed by atoms with Gasteiger partial charge in [-0.2, -0.15) is 0 Å². The van der Waals surface area contributed by atoms with Crippen LogP contribution in [0.4, 0.5) is 5.69 Å². The van der Waals surface area contributed by atoms with Crippen molar-refractivity contribution in [2.45, 2.75) is 25.9 Å². The van der Waals surface area contributed by atoms with E-state index >= 15 is 0 Å². The number of ether oxygens (including phenoxy) is 3. The number of esters is 2. The first-order valence-electron chi connectivity index (χ1n) is 9.93. The van der Waals surface area contributed by atoms with Crippen LogP contribution in [0.1, 0.15) is 30.5 Å². The zero-order valence-corrected chi connectivity index (χ0v) is 17.2. The fraction of sp³-hybridized carbons (Fsp3) is 0.304. The third-order valence-corrected chi connectivity index (χ3v) is 5.89. The highest BCUT2D eigenvalue weighted by Gasteiger charge is 2.73. The summed E-state index contributed by atoms with van der Waals surface area (Å²) >= 11 is 0. The molecule has 2 aromatic carbocycles. The van der Waals surface area contributed by atoms with Crippen LogP contribution in [0.5, 0.6) is 5.75 Å². The Labute approximate surface area is 178 Å². The van der Waals surface area contributed by atoms with Crippen molar-refractivity contribution in [3.63, 3.8) is 0 Å². The molecule has 4 rings (SSSR count). The predicted octanol–water partition coefficient (Wildman–Crippen LogP) is 3.56. The van der Waals surface area contributed by atoms with Crippen LogP contribution in [0, 0.1) is 15.5 Å². The van der Waals surface area contributed by atoms with Gasteiger partial charge in [0, 0.05) is 35.3 Å². The van der Waals surface area contributed by atoms with Gasteiger partial charge in [0.1, 0.15) is 5.75 Å². The van der Waals surface area contributed by atoms with Crippen LogP contribution in [0.25, 0.3) is 5.57 Å². The summed E-state index contributed by atoms with van der Waals surface area (Å²) in [7, 11) is 0. The molecule has 0 radical (unpaired) electrons. The molecule has 8 heteroatoms. The molecular formula is C23H21NO7. The summed E-state index contributed by atoms with van der Waals surface area (Å²) in [6.07, 6.45) is -0.00403. The summed E-state index contributed by atoms with van der Waals surface area (Å²) in [6.45, 7) is 7.55. The Hall–Kier alpha value is -3.68. The Morgan fingerprint density at radius 3 is 2.39 bits per heavy atom. The molecule has 0 amide bonds. The van der Waals surface area contributed by atoms with Crippen LogP contribution in [-0.4, -0.2) is 30.1 Å². The number of benzene rings is 2. The Morgan fingerprint density at radius 2 is 1.77 bits per heavy atom. The van der Waals surface area contributed by atoms with Crippen molar-refractivity contribution >= 4 is 23.2 Å². The number of hydrogen-bond donors (Lipinski definition) is 0. The van der Waals surface area contributed by atoms with Gasteiger partial charge >= 0.3 is 11.9 Å². The monoisotopic (exact) mass is 423 g/mol. The van der Waals surface area contributed by atoms with E-state index in [1.165, 1.54) is 18.2 Å². The first-order valence-corrected chi connectivity index (χ1v) is 9.93. The third kappa shape index (κ3) is 2.60. The topological polar surface area (TPSA) is 105 Å². The number of nitrogens with zero attached hydrogens (tertiary/aromatic N) is 1. The SMILES string of the molecule is C=C1c2cc([N+](=O)[O-])ccc2OC12c1ccccc1CC2(C(=O)OCC)C(=O)OCC. The van der Waals surface area contributed by atoms with E-state index in [2.05, 4.69) is 6.58 Å². The second-order valence-electron chi connectivity index (χ2n) is 7.38. The fourth-order valence-corrected chi connectivity index (χ4v) is 4.62. The highest BCUT2D eigenvalue weighted by molar-refractivity contribution is 6.07. The molecular weight excluding hydrogens is 402 g/mol. The van der Waals surface area contributed by atoms with E-state index in [0.29, 0.717) is 22.4 Å². The summed E-state index contributed by atoms with van der Waals surface area (Å²) in [6, 6.07) is 11.2. The van der Waals surface area contributed by atoms with Crippen LogP contribution < -0.4 is 4.74 Å². The summed E-state index contributed by atoms with van der Waals surface area (Å²) < 4.78 is 17.1.